The highest BCUT2D eigenvalue weighted by molar-refractivity contribution is 5.74. The number of rotatable bonds is 6. The largest absolute Gasteiger partial charge is 0.497 e. The molecule has 0 amide bonds. The fourth-order valence-electron chi connectivity index (χ4n) is 1.71. The molecule has 0 bridgehead atoms. The predicted octanol–water partition coefficient (Wildman–Crippen LogP) is 1.70. The smallest absolute Gasteiger partial charge is 0.209 e. The Morgan fingerprint density at radius 1 is 1.50 bits per heavy atom. The maximum atomic E-state index is 8.81. The van der Waals surface area contributed by atoms with E-state index in [-0.39, 0.29) is 12.6 Å². The Morgan fingerprint density at radius 3 is 3.06 bits per heavy atom. The number of oxazole rings is 1. The van der Waals surface area contributed by atoms with Crippen LogP contribution in [0.2, 0.25) is 0 Å². The third-order valence-electron chi connectivity index (χ3n) is 2.80. The molecule has 2 N–H and O–H groups in total. The molecule has 0 saturated heterocycles. The van der Waals surface area contributed by atoms with Crippen molar-refractivity contribution in [2.45, 2.75) is 25.9 Å². The molecule has 0 aliphatic carbocycles. The molecule has 0 aliphatic rings. The number of hydrogen-bond donors (Lipinski definition) is 2. The van der Waals surface area contributed by atoms with E-state index in [9.17, 15) is 0 Å². The van der Waals surface area contributed by atoms with Crippen LogP contribution < -0.4 is 10.1 Å². The number of aliphatic hydroxyl groups excluding tert-OH is 1. The first-order chi connectivity index (χ1) is 8.72. The normalized spacial score (nSPS) is 12.8. The summed E-state index contributed by atoms with van der Waals surface area (Å²) in [5.41, 5.74) is 1.54. The molecule has 1 unspecified atom stereocenters. The Kier molecular flexibility index (Phi) is 4.17. The molecule has 5 nitrogen and oxygen atoms in total. The molecule has 5 heteroatoms. The molecule has 0 spiro atoms. The molecule has 1 atom stereocenters. The van der Waals surface area contributed by atoms with E-state index in [0.717, 1.165) is 16.8 Å². The van der Waals surface area contributed by atoms with Crippen molar-refractivity contribution in [1.82, 2.24) is 10.3 Å². The minimum atomic E-state index is 0.179. The van der Waals surface area contributed by atoms with Gasteiger partial charge in [-0.2, -0.15) is 0 Å². The SMILES string of the molecule is COc1ccc2oc(CNC(C)CCO)nc2c1. The molecular formula is C13H18N2O3. The highest BCUT2D eigenvalue weighted by Crippen LogP contribution is 2.21. The molecule has 1 aromatic carbocycles. The van der Waals surface area contributed by atoms with Crippen molar-refractivity contribution in [2.75, 3.05) is 13.7 Å². The van der Waals surface area contributed by atoms with Gasteiger partial charge < -0.3 is 19.6 Å². The number of benzene rings is 1. The van der Waals surface area contributed by atoms with Crippen LogP contribution in [-0.4, -0.2) is 29.8 Å². The number of aromatic nitrogens is 1. The minimum absolute atomic E-state index is 0.179. The average Bonchev–Trinajstić information content (AvgIpc) is 2.78. The number of nitrogens with zero attached hydrogens (tertiary/aromatic N) is 1. The first kappa shape index (κ1) is 12.9. The van der Waals surface area contributed by atoms with Crippen LogP contribution in [0.25, 0.3) is 11.1 Å². The van der Waals surface area contributed by atoms with Gasteiger partial charge in [0.15, 0.2) is 5.58 Å². The van der Waals surface area contributed by atoms with Gasteiger partial charge in [-0.25, -0.2) is 4.98 Å². The van der Waals surface area contributed by atoms with Crippen molar-refractivity contribution in [3.8, 4) is 5.75 Å². The second-order valence-electron chi connectivity index (χ2n) is 4.24. The van der Waals surface area contributed by atoms with Crippen molar-refractivity contribution in [3.05, 3.63) is 24.1 Å². The molecule has 18 heavy (non-hydrogen) atoms. The predicted molar refractivity (Wildman–Crippen MR) is 68.6 cm³/mol. The maximum Gasteiger partial charge on any atom is 0.209 e. The van der Waals surface area contributed by atoms with E-state index in [2.05, 4.69) is 10.3 Å². The second-order valence-corrected chi connectivity index (χ2v) is 4.24. The van der Waals surface area contributed by atoms with E-state index in [0.29, 0.717) is 18.9 Å². The maximum absolute atomic E-state index is 8.81. The van der Waals surface area contributed by atoms with Crippen LogP contribution >= 0.6 is 0 Å². The van der Waals surface area contributed by atoms with Crippen LogP contribution in [0.4, 0.5) is 0 Å². The third kappa shape index (κ3) is 3.00. The van der Waals surface area contributed by atoms with Crippen molar-refractivity contribution >= 4 is 11.1 Å². The topological polar surface area (TPSA) is 67.5 Å². The molecule has 1 aromatic heterocycles. The molecule has 2 rings (SSSR count). The van der Waals surface area contributed by atoms with Gasteiger partial charge in [-0.05, 0) is 25.5 Å². The standard InChI is InChI=1S/C13H18N2O3/c1-9(5-6-16)14-8-13-15-11-7-10(17-2)3-4-12(11)18-13/h3-4,7,9,14,16H,5-6,8H2,1-2H3. The van der Waals surface area contributed by atoms with Gasteiger partial charge in [0, 0.05) is 18.7 Å². The summed E-state index contributed by atoms with van der Waals surface area (Å²) < 4.78 is 10.7. The first-order valence-corrected chi connectivity index (χ1v) is 6.00. The van der Waals surface area contributed by atoms with Gasteiger partial charge in [0.25, 0.3) is 0 Å². The fourth-order valence-corrected chi connectivity index (χ4v) is 1.71. The molecule has 0 radical (unpaired) electrons. The Bertz CT molecular complexity index is 510. The first-order valence-electron chi connectivity index (χ1n) is 6.00. The summed E-state index contributed by atoms with van der Waals surface area (Å²) in [6.45, 7) is 2.75. The Labute approximate surface area is 106 Å². The molecule has 1 heterocycles. The van der Waals surface area contributed by atoms with Crippen LogP contribution in [0.5, 0.6) is 5.75 Å². The van der Waals surface area contributed by atoms with Gasteiger partial charge in [-0.1, -0.05) is 0 Å². The van der Waals surface area contributed by atoms with Gasteiger partial charge in [-0.3, -0.25) is 0 Å². The molecule has 0 fully saturated rings. The van der Waals surface area contributed by atoms with Crippen LogP contribution in [-0.2, 0) is 6.54 Å². The van der Waals surface area contributed by atoms with Gasteiger partial charge in [-0.15, -0.1) is 0 Å². The zero-order valence-electron chi connectivity index (χ0n) is 10.6. The summed E-state index contributed by atoms with van der Waals surface area (Å²) in [6.07, 6.45) is 0.716. The van der Waals surface area contributed by atoms with Gasteiger partial charge in [0.2, 0.25) is 5.89 Å². The number of ether oxygens (including phenoxy) is 1. The van der Waals surface area contributed by atoms with E-state index < -0.39 is 0 Å². The summed E-state index contributed by atoms with van der Waals surface area (Å²) in [4.78, 5) is 4.38. The zero-order valence-corrected chi connectivity index (χ0v) is 10.6. The summed E-state index contributed by atoms with van der Waals surface area (Å²) in [7, 11) is 1.63. The number of methoxy groups -OCH3 is 1. The average molecular weight is 250 g/mol. The van der Waals surface area contributed by atoms with Gasteiger partial charge in [0.1, 0.15) is 11.3 Å². The van der Waals surface area contributed by atoms with Crippen molar-refractivity contribution in [2.24, 2.45) is 0 Å². The summed E-state index contributed by atoms with van der Waals surface area (Å²) >= 11 is 0. The lowest BCUT2D eigenvalue weighted by molar-refractivity contribution is 0.267. The van der Waals surface area contributed by atoms with Crippen molar-refractivity contribution in [3.63, 3.8) is 0 Å². The molecular weight excluding hydrogens is 232 g/mol. The highest BCUT2D eigenvalue weighted by atomic mass is 16.5. The Morgan fingerprint density at radius 2 is 2.33 bits per heavy atom. The van der Waals surface area contributed by atoms with Gasteiger partial charge in [0.05, 0.1) is 13.7 Å². The molecule has 0 aliphatic heterocycles. The lowest BCUT2D eigenvalue weighted by Crippen LogP contribution is -2.26. The lowest BCUT2D eigenvalue weighted by Gasteiger charge is -2.09. The quantitative estimate of drug-likeness (QED) is 0.816. The van der Waals surface area contributed by atoms with E-state index in [1.165, 1.54) is 0 Å². The van der Waals surface area contributed by atoms with E-state index in [1.807, 2.05) is 25.1 Å². The van der Waals surface area contributed by atoms with Crippen LogP contribution in [0.1, 0.15) is 19.2 Å². The number of fused-ring (bicyclic) bond motifs is 1. The number of aliphatic hydroxyl groups is 1. The number of hydrogen-bond acceptors (Lipinski definition) is 5. The van der Waals surface area contributed by atoms with E-state index in [1.54, 1.807) is 7.11 Å². The van der Waals surface area contributed by atoms with Crippen LogP contribution in [0, 0.1) is 0 Å². The van der Waals surface area contributed by atoms with Crippen molar-refractivity contribution in [1.29, 1.82) is 0 Å². The van der Waals surface area contributed by atoms with E-state index in [4.69, 9.17) is 14.3 Å². The Hall–Kier alpha value is -1.59. The molecule has 98 valence electrons. The van der Waals surface area contributed by atoms with E-state index >= 15 is 0 Å². The fraction of sp³-hybridized carbons (Fsp3) is 0.462. The lowest BCUT2D eigenvalue weighted by atomic mass is 10.2. The van der Waals surface area contributed by atoms with Crippen LogP contribution in [0.15, 0.2) is 22.6 Å². The summed E-state index contributed by atoms with van der Waals surface area (Å²) in [6, 6.07) is 5.78. The monoisotopic (exact) mass is 250 g/mol. The molecule has 2 aromatic rings. The summed E-state index contributed by atoms with van der Waals surface area (Å²) in [5, 5.41) is 12.1. The zero-order chi connectivity index (χ0) is 13.0. The number of nitrogens with one attached hydrogen (secondary N) is 1. The van der Waals surface area contributed by atoms with Crippen LogP contribution in [0.3, 0.4) is 0 Å². The van der Waals surface area contributed by atoms with Gasteiger partial charge >= 0.3 is 0 Å². The highest BCUT2D eigenvalue weighted by Gasteiger charge is 2.08. The van der Waals surface area contributed by atoms with Crippen molar-refractivity contribution < 1.29 is 14.3 Å². The summed E-state index contributed by atoms with van der Waals surface area (Å²) in [5.74, 6) is 1.41. The second kappa shape index (κ2) is 5.84. The Balaban J connectivity index is 2.05. The third-order valence-corrected chi connectivity index (χ3v) is 2.80. The minimum Gasteiger partial charge on any atom is -0.497 e. The molecule has 0 saturated carbocycles.